The number of phenolic OH excluding ortho intramolecular Hbond substituents is 1. The van der Waals surface area contributed by atoms with Crippen LogP contribution in [-0.2, 0) is 12.8 Å². The molecular weight excluding hydrogens is 322 g/mol. The van der Waals surface area contributed by atoms with E-state index in [1.807, 2.05) is 18.2 Å². The van der Waals surface area contributed by atoms with Gasteiger partial charge in [0, 0.05) is 13.1 Å². The average molecular weight is 356 g/mol. The van der Waals surface area contributed by atoms with Crippen LogP contribution in [0.5, 0.6) is 11.5 Å². The maximum absolute atomic E-state index is 9.65. The van der Waals surface area contributed by atoms with Crippen molar-refractivity contribution in [1.29, 1.82) is 0 Å². The van der Waals surface area contributed by atoms with E-state index in [0.717, 1.165) is 38.2 Å². The van der Waals surface area contributed by atoms with E-state index in [4.69, 9.17) is 4.74 Å². The number of nitrogens with zero attached hydrogens (tertiary/aromatic N) is 1. The maximum Gasteiger partial charge on any atom is 0.119 e. The lowest BCUT2D eigenvalue weighted by Gasteiger charge is -2.22. The van der Waals surface area contributed by atoms with Crippen LogP contribution < -0.4 is 4.74 Å². The Morgan fingerprint density at radius 3 is 2.19 bits per heavy atom. The molecule has 0 unspecified atom stereocenters. The van der Waals surface area contributed by atoms with Crippen LogP contribution in [0.15, 0.2) is 48.5 Å². The molecule has 3 nitrogen and oxygen atoms in total. The Morgan fingerprint density at radius 2 is 1.54 bits per heavy atom. The third-order valence-corrected chi connectivity index (χ3v) is 4.81. The van der Waals surface area contributed by atoms with E-state index in [2.05, 4.69) is 36.1 Å². The van der Waals surface area contributed by atoms with E-state index < -0.39 is 0 Å². The summed E-state index contributed by atoms with van der Waals surface area (Å²) in [4.78, 5) is 2.55. The summed E-state index contributed by atoms with van der Waals surface area (Å²) in [6.45, 7) is 5.48. The van der Waals surface area contributed by atoms with Gasteiger partial charge in [-0.1, -0.05) is 50.5 Å². The SMILES string of the molecule is CCCCCCN(CCc1cccc(O)c1)CCc1cccc(OC)c1. The number of hydrogen-bond donors (Lipinski definition) is 1. The summed E-state index contributed by atoms with van der Waals surface area (Å²) in [7, 11) is 1.72. The van der Waals surface area contributed by atoms with Gasteiger partial charge in [0.15, 0.2) is 0 Å². The molecule has 0 heterocycles. The topological polar surface area (TPSA) is 32.7 Å². The van der Waals surface area contributed by atoms with Crippen LogP contribution in [0, 0.1) is 0 Å². The van der Waals surface area contributed by atoms with Gasteiger partial charge in [-0.05, 0) is 61.2 Å². The Morgan fingerprint density at radius 1 is 0.846 bits per heavy atom. The molecule has 2 rings (SSSR count). The molecule has 3 heteroatoms. The third-order valence-electron chi connectivity index (χ3n) is 4.81. The monoisotopic (exact) mass is 355 g/mol. The van der Waals surface area contributed by atoms with Gasteiger partial charge in [0.05, 0.1) is 7.11 Å². The van der Waals surface area contributed by atoms with Crippen molar-refractivity contribution in [2.75, 3.05) is 26.7 Å². The summed E-state index contributed by atoms with van der Waals surface area (Å²) >= 11 is 0. The van der Waals surface area contributed by atoms with Gasteiger partial charge in [0.2, 0.25) is 0 Å². The second-order valence-electron chi connectivity index (χ2n) is 6.92. The zero-order chi connectivity index (χ0) is 18.6. The van der Waals surface area contributed by atoms with Gasteiger partial charge in [-0.25, -0.2) is 0 Å². The predicted octanol–water partition coefficient (Wildman–Crippen LogP) is 5.07. The number of aromatic hydroxyl groups is 1. The molecule has 142 valence electrons. The average Bonchev–Trinajstić information content (AvgIpc) is 2.67. The van der Waals surface area contributed by atoms with Gasteiger partial charge in [-0.2, -0.15) is 0 Å². The Bertz CT molecular complexity index is 642. The minimum atomic E-state index is 0.355. The number of ether oxygens (including phenoxy) is 1. The molecule has 0 saturated carbocycles. The minimum absolute atomic E-state index is 0.355. The van der Waals surface area contributed by atoms with E-state index in [1.54, 1.807) is 13.2 Å². The van der Waals surface area contributed by atoms with Gasteiger partial charge in [0.25, 0.3) is 0 Å². The van der Waals surface area contributed by atoms with Crippen molar-refractivity contribution >= 4 is 0 Å². The fraction of sp³-hybridized carbons (Fsp3) is 0.478. The van der Waals surface area contributed by atoms with E-state index in [-0.39, 0.29) is 0 Å². The highest BCUT2D eigenvalue weighted by Crippen LogP contribution is 2.15. The number of methoxy groups -OCH3 is 1. The van der Waals surface area contributed by atoms with E-state index in [1.165, 1.54) is 36.8 Å². The molecule has 2 aromatic carbocycles. The fourth-order valence-corrected chi connectivity index (χ4v) is 3.21. The van der Waals surface area contributed by atoms with Gasteiger partial charge in [-0.3, -0.25) is 0 Å². The van der Waals surface area contributed by atoms with Crippen LogP contribution in [-0.4, -0.2) is 36.8 Å². The second-order valence-corrected chi connectivity index (χ2v) is 6.92. The molecular formula is C23H33NO2. The fourth-order valence-electron chi connectivity index (χ4n) is 3.21. The molecule has 0 aliphatic rings. The molecule has 0 radical (unpaired) electrons. The summed E-state index contributed by atoms with van der Waals surface area (Å²) in [6.07, 6.45) is 7.15. The quantitative estimate of drug-likeness (QED) is 0.540. The first-order valence-electron chi connectivity index (χ1n) is 9.84. The first kappa shape index (κ1) is 20.3. The molecule has 0 bridgehead atoms. The highest BCUT2D eigenvalue weighted by Gasteiger charge is 2.07. The number of benzene rings is 2. The summed E-state index contributed by atoms with van der Waals surface area (Å²) in [5.41, 5.74) is 2.52. The number of unbranched alkanes of at least 4 members (excludes halogenated alkanes) is 3. The highest BCUT2D eigenvalue weighted by molar-refractivity contribution is 5.29. The van der Waals surface area contributed by atoms with Gasteiger partial charge < -0.3 is 14.7 Å². The molecule has 0 amide bonds. The van der Waals surface area contributed by atoms with E-state index >= 15 is 0 Å². The van der Waals surface area contributed by atoms with Gasteiger partial charge >= 0.3 is 0 Å². The van der Waals surface area contributed by atoms with Crippen molar-refractivity contribution in [3.63, 3.8) is 0 Å². The minimum Gasteiger partial charge on any atom is -0.508 e. The Hall–Kier alpha value is -2.00. The van der Waals surface area contributed by atoms with Crippen molar-refractivity contribution in [1.82, 2.24) is 4.90 Å². The van der Waals surface area contributed by atoms with Crippen molar-refractivity contribution < 1.29 is 9.84 Å². The van der Waals surface area contributed by atoms with Crippen molar-refractivity contribution in [3.05, 3.63) is 59.7 Å². The van der Waals surface area contributed by atoms with Crippen molar-refractivity contribution in [3.8, 4) is 11.5 Å². The molecule has 0 atom stereocenters. The molecule has 1 N–H and O–H groups in total. The van der Waals surface area contributed by atoms with E-state index in [0.29, 0.717) is 5.75 Å². The van der Waals surface area contributed by atoms with Gasteiger partial charge in [0.1, 0.15) is 11.5 Å². The first-order chi connectivity index (χ1) is 12.7. The smallest absolute Gasteiger partial charge is 0.119 e. The zero-order valence-electron chi connectivity index (χ0n) is 16.3. The molecule has 0 fully saturated rings. The molecule has 2 aromatic rings. The normalized spacial score (nSPS) is 11.0. The van der Waals surface area contributed by atoms with Crippen LogP contribution in [0.4, 0.5) is 0 Å². The van der Waals surface area contributed by atoms with Crippen molar-refractivity contribution in [2.24, 2.45) is 0 Å². The molecule has 0 aliphatic carbocycles. The van der Waals surface area contributed by atoms with Crippen LogP contribution in [0.25, 0.3) is 0 Å². The molecule has 0 aliphatic heterocycles. The maximum atomic E-state index is 9.65. The molecule has 0 spiro atoms. The number of rotatable bonds is 12. The highest BCUT2D eigenvalue weighted by atomic mass is 16.5. The molecule has 26 heavy (non-hydrogen) atoms. The Balaban J connectivity index is 1.88. The van der Waals surface area contributed by atoms with Crippen molar-refractivity contribution in [2.45, 2.75) is 45.4 Å². The lowest BCUT2D eigenvalue weighted by Crippen LogP contribution is -2.29. The summed E-state index contributed by atoms with van der Waals surface area (Å²) < 4.78 is 5.33. The second kappa shape index (κ2) is 11.6. The largest absolute Gasteiger partial charge is 0.508 e. The van der Waals surface area contributed by atoms with Crippen LogP contribution in [0.1, 0.15) is 43.7 Å². The summed E-state index contributed by atoms with van der Waals surface area (Å²) in [5.74, 6) is 1.28. The lowest BCUT2D eigenvalue weighted by molar-refractivity contribution is 0.273. The van der Waals surface area contributed by atoms with Crippen LogP contribution in [0.3, 0.4) is 0 Å². The summed E-state index contributed by atoms with van der Waals surface area (Å²) in [5, 5.41) is 9.65. The Kier molecular flexibility index (Phi) is 9.05. The molecule has 0 saturated heterocycles. The molecule has 0 aromatic heterocycles. The zero-order valence-corrected chi connectivity index (χ0v) is 16.3. The first-order valence-corrected chi connectivity index (χ1v) is 9.84. The lowest BCUT2D eigenvalue weighted by atomic mass is 10.1. The summed E-state index contributed by atoms with van der Waals surface area (Å²) in [6, 6.07) is 16.0. The van der Waals surface area contributed by atoms with E-state index in [9.17, 15) is 5.11 Å². The number of phenols is 1. The number of hydrogen-bond acceptors (Lipinski definition) is 3. The predicted molar refractivity (Wildman–Crippen MR) is 109 cm³/mol. The standard InChI is InChI=1S/C23H33NO2/c1-3-4-5-6-15-24(16-13-20-9-7-11-22(25)18-20)17-14-21-10-8-12-23(19-21)26-2/h7-12,18-19,25H,3-6,13-17H2,1-2H3. The third kappa shape index (κ3) is 7.49. The van der Waals surface area contributed by atoms with Crippen LogP contribution in [0.2, 0.25) is 0 Å². The van der Waals surface area contributed by atoms with Gasteiger partial charge in [-0.15, -0.1) is 0 Å². The Labute approximate surface area is 158 Å². The van der Waals surface area contributed by atoms with Crippen LogP contribution >= 0.6 is 0 Å².